The van der Waals surface area contributed by atoms with E-state index < -0.39 is 31.7 Å². The molecular formula is C16H18N4O6S2. The summed E-state index contributed by atoms with van der Waals surface area (Å²) in [5.41, 5.74) is 3.76. The van der Waals surface area contributed by atoms with E-state index in [0.29, 0.717) is 33.4 Å². The molecule has 10 nitrogen and oxygen atoms in total. The topological polar surface area (TPSA) is 159 Å². The second-order valence-electron chi connectivity index (χ2n) is 6.06. The molecule has 1 heterocycles. The lowest BCUT2D eigenvalue weighted by Gasteiger charge is -2.08. The predicted octanol–water partition coefficient (Wildman–Crippen LogP) is 1.38. The highest BCUT2D eigenvalue weighted by atomic mass is 32.2. The molecule has 0 unspecified atom stereocenters. The Balaban J connectivity index is 1.79. The fourth-order valence-electron chi connectivity index (χ4n) is 2.54. The zero-order valence-electron chi connectivity index (χ0n) is 14.5. The van der Waals surface area contributed by atoms with Crippen LogP contribution in [-0.2, 0) is 20.2 Å². The minimum atomic E-state index is -4.03. The van der Waals surface area contributed by atoms with E-state index in [4.69, 9.17) is 9.11 Å². The van der Waals surface area contributed by atoms with E-state index in [9.17, 15) is 16.8 Å². The normalized spacial score (nSPS) is 12.4. The molecule has 0 saturated heterocycles. The minimum Gasteiger partial charge on any atom is -0.384 e. The summed E-state index contributed by atoms with van der Waals surface area (Å²) in [4.78, 5) is 9.04. The maximum absolute atomic E-state index is 10.8. The first-order chi connectivity index (χ1) is 13.1. The molecular weight excluding hydrogens is 408 g/mol. The summed E-state index contributed by atoms with van der Waals surface area (Å²) in [5.74, 6) is -0.802. The van der Waals surface area contributed by atoms with Crippen molar-refractivity contribution in [1.82, 2.24) is 9.97 Å². The number of aromatic nitrogens is 2. The second kappa shape index (κ2) is 7.83. The van der Waals surface area contributed by atoms with Gasteiger partial charge in [0.15, 0.2) is 0 Å². The van der Waals surface area contributed by atoms with Gasteiger partial charge in [0.2, 0.25) is 0 Å². The van der Waals surface area contributed by atoms with Crippen LogP contribution in [0.2, 0.25) is 0 Å². The molecule has 0 aliphatic rings. The molecule has 4 N–H and O–H groups in total. The number of anilines is 2. The van der Waals surface area contributed by atoms with Crippen LogP contribution in [0.4, 0.5) is 11.4 Å². The Labute approximate surface area is 161 Å². The fourth-order valence-corrected chi connectivity index (χ4v) is 3.26. The molecule has 0 fully saturated rings. The maximum atomic E-state index is 10.8. The van der Waals surface area contributed by atoms with Crippen LogP contribution < -0.4 is 10.6 Å². The molecule has 0 bridgehead atoms. The predicted molar refractivity (Wildman–Crippen MR) is 107 cm³/mol. The van der Waals surface area contributed by atoms with Crippen molar-refractivity contribution in [1.29, 1.82) is 0 Å². The molecule has 0 saturated carbocycles. The average Bonchev–Trinajstić information content (AvgIpc) is 2.58. The molecule has 28 heavy (non-hydrogen) atoms. The largest absolute Gasteiger partial charge is 0.384 e. The highest BCUT2D eigenvalue weighted by molar-refractivity contribution is 7.86. The first-order valence-electron chi connectivity index (χ1n) is 8.19. The van der Waals surface area contributed by atoms with E-state index in [2.05, 4.69) is 20.6 Å². The Kier molecular flexibility index (Phi) is 5.65. The van der Waals surface area contributed by atoms with Crippen molar-refractivity contribution < 1.29 is 25.9 Å². The van der Waals surface area contributed by atoms with Gasteiger partial charge in [0.1, 0.15) is 0 Å². The monoisotopic (exact) mass is 426 g/mol. The highest BCUT2D eigenvalue weighted by Gasteiger charge is 2.07. The number of nitrogens with one attached hydrogen (secondary N) is 2. The smallest absolute Gasteiger partial charge is 0.266 e. The van der Waals surface area contributed by atoms with Crippen LogP contribution in [0.1, 0.15) is 0 Å². The number of fused-ring (bicyclic) bond motifs is 2. The molecule has 0 radical (unpaired) electrons. The van der Waals surface area contributed by atoms with Gasteiger partial charge in [-0.3, -0.25) is 9.11 Å². The highest BCUT2D eigenvalue weighted by Crippen LogP contribution is 2.22. The molecule has 0 amide bonds. The van der Waals surface area contributed by atoms with E-state index in [1.807, 2.05) is 0 Å². The fraction of sp³-hybridized carbons (Fsp3) is 0.250. The van der Waals surface area contributed by atoms with Crippen LogP contribution in [0.15, 0.2) is 36.4 Å². The Morgan fingerprint density at radius 1 is 0.679 bits per heavy atom. The minimum absolute atomic E-state index is 0.0595. The van der Waals surface area contributed by atoms with Gasteiger partial charge in [0.05, 0.1) is 33.6 Å². The van der Waals surface area contributed by atoms with Crippen molar-refractivity contribution in [2.24, 2.45) is 0 Å². The van der Waals surface area contributed by atoms with Crippen molar-refractivity contribution >= 4 is 53.7 Å². The van der Waals surface area contributed by atoms with Crippen LogP contribution in [0.5, 0.6) is 0 Å². The van der Waals surface area contributed by atoms with Gasteiger partial charge in [-0.05, 0) is 36.4 Å². The summed E-state index contributed by atoms with van der Waals surface area (Å²) < 4.78 is 60.6. The third-order valence-electron chi connectivity index (χ3n) is 3.81. The van der Waals surface area contributed by atoms with Gasteiger partial charge < -0.3 is 10.6 Å². The van der Waals surface area contributed by atoms with Crippen molar-refractivity contribution in [3.63, 3.8) is 0 Å². The summed E-state index contributed by atoms with van der Waals surface area (Å²) >= 11 is 0. The van der Waals surface area contributed by atoms with Crippen molar-refractivity contribution in [3.8, 4) is 0 Å². The zero-order valence-corrected chi connectivity index (χ0v) is 16.2. The lowest BCUT2D eigenvalue weighted by atomic mass is 10.2. The quantitative estimate of drug-likeness (QED) is 0.306. The van der Waals surface area contributed by atoms with E-state index in [1.165, 1.54) is 0 Å². The summed E-state index contributed by atoms with van der Waals surface area (Å²) in [6, 6.07) is 10.4. The summed E-state index contributed by atoms with van der Waals surface area (Å²) in [5, 5.41) is 5.80. The van der Waals surface area contributed by atoms with Crippen molar-refractivity contribution in [3.05, 3.63) is 36.4 Å². The van der Waals surface area contributed by atoms with Crippen molar-refractivity contribution in [2.75, 3.05) is 35.2 Å². The van der Waals surface area contributed by atoms with Gasteiger partial charge in [0.25, 0.3) is 20.2 Å². The molecule has 0 atom stereocenters. The molecule has 150 valence electrons. The summed E-state index contributed by atoms with van der Waals surface area (Å²) in [7, 11) is -8.06. The van der Waals surface area contributed by atoms with Gasteiger partial charge in [-0.15, -0.1) is 0 Å². The molecule has 0 aliphatic heterocycles. The number of hydrogen-bond donors (Lipinski definition) is 4. The van der Waals surface area contributed by atoms with E-state index in [-0.39, 0.29) is 13.1 Å². The second-order valence-corrected chi connectivity index (χ2v) is 9.20. The number of nitrogens with zero attached hydrogens (tertiary/aromatic N) is 2. The maximum Gasteiger partial charge on any atom is 0.266 e. The Morgan fingerprint density at radius 3 is 1.43 bits per heavy atom. The molecule has 2 aromatic carbocycles. The van der Waals surface area contributed by atoms with Gasteiger partial charge in [-0.1, -0.05) is 0 Å². The molecule has 3 aromatic rings. The lowest BCUT2D eigenvalue weighted by Crippen LogP contribution is -2.14. The van der Waals surface area contributed by atoms with Crippen LogP contribution in [0.3, 0.4) is 0 Å². The Hall–Kier alpha value is -2.54. The molecule has 12 heteroatoms. The van der Waals surface area contributed by atoms with Crippen LogP contribution in [-0.4, -0.2) is 60.5 Å². The first-order valence-corrected chi connectivity index (χ1v) is 11.4. The standard InChI is InChI=1S/C16H18N4O6S2/c21-27(22,23)7-5-17-11-1-3-13-15(9-11)20-14-4-2-12(10-16(14)19-13)18-6-8-28(24,25)26/h1-4,9-10,17-18H,5-8H2,(H,21,22,23)(H,24,25,26). The molecule has 3 rings (SSSR count). The summed E-state index contributed by atoms with van der Waals surface area (Å²) in [6.07, 6.45) is 0. The molecule has 0 aliphatic carbocycles. The molecule has 0 spiro atoms. The van der Waals surface area contributed by atoms with Gasteiger partial charge in [0, 0.05) is 24.5 Å². The third kappa shape index (κ3) is 5.73. The van der Waals surface area contributed by atoms with E-state index >= 15 is 0 Å². The number of rotatable bonds is 8. The van der Waals surface area contributed by atoms with Crippen LogP contribution in [0.25, 0.3) is 22.1 Å². The summed E-state index contributed by atoms with van der Waals surface area (Å²) in [6.45, 7) is 0.119. The Morgan fingerprint density at radius 2 is 1.07 bits per heavy atom. The van der Waals surface area contributed by atoms with Gasteiger partial charge >= 0.3 is 0 Å². The SMILES string of the molecule is O=S(=O)(O)CCNc1ccc2nc3cc(NCCS(=O)(=O)O)ccc3nc2c1. The van der Waals surface area contributed by atoms with Crippen molar-refractivity contribution in [2.45, 2.75) is 0 Å². The number of benzene rings is 2. The first kappa shape index (κ1) is 20.2. The number of hydrogen-bond acceptors (Lipinski definition) is 8. The average molecular weight is 426 g/mol. The zero-order chi connectivity index (χ0) is 20.4. The lowest BCUT2D eigenvalue weighted by molar-refractivity contribution is 0.481. The van der Waals surface area contributed by atoms with Gasteiger partial charge in [-0.2, -0.15) is 16.8 Å². The van der Waals surface area contributed by atoms with Crippen LogP contribution in [0, 0.1) is 0 Å². The van der Waals surface area contributed by atoms with E-state index in [0.717, 1.165) is 0 Å². The third-order valence-corrected chi connectivity index (χ3v) is 5.25. The molecule has 1 aromatic heterocycles. The Bertz CT molecular complexity index is 1130. The van der Waals surface area contributed by atoms with Gasteiger partial charge in [-0.25, -0.2) is 9.97 Å². The van der Waals surface area contributed by atoms with E-state index in [1.54, 1.807) is 36.4 Å². The van der Waals surface area contributed by atoms with Crippen LogP contribution >= 0.6 is 0 Å².